The number of halogens is 3. The third-order valence-electron chi connectivity index (χ3n) is 2.88. The van der Waals surface area contributed by atoms with Crippen molar-refractivity contribution in [2.75, 3.05) is 11.9 Å². The molecule has 1 heterocycles. The zero-order valence-corrected chi connectivity index (χ0v) is 11.7. The molecule has 3 nitrogen and oxygen atoms in total. The summed E-state index contributed by atoms with van der Waals surface area (Å²) in [5.41, 5.74) is 0. The van der Waals surface area contributed by atoms with Gasteiger partial charge in [-0.15, -0.1) is 0 Å². The largest absolute Gasteiger partial charge is 0.452 e. The third-order valence-corrected chi connectivity index (χ3v) is 3.55. The fourth-order valence-corrected chi connectivity index (χ4v) is 2.45. The second-order valence-corrected chi connectivity index (χ2v) is 5.71. The lowest BCUT2D eigenvalue weighted by molar-refractivity contribution is -0.144. The van der Waals surface area contributed by atoms with E-state index >= 15 is 0 Å². The molecule has 1 N–H and O–H groups in total. The van der Waals surface area contributed by atoms with Crippen molar-refractivity contribution in [1.82, 2.24) is 9.36 Å². The molecule has 0 saturated heterocycles. The first-order valence-corrected chi connectivity index (χ1v) is 6.64. The van der Waals surface area contributed by atoms with Crippen LogP contribution in [0.5, 0.6) is 0 Å². The van der Waals surface area contributed by atoms with Crippen LogP contribution in [0.3, 0.4) is 0 Å². The second kappa shape index (κ2) is 5.86. The van der Waals surface area contributed by atoms with E-state index in [0.717, 1.165) is 11.5 Å². The van der Waals surface area contributed by atoms with Crippen molar-refractivity contribution in [3.8, 4) is 0 Å². The van der Waals surface area contributed by atoms with E-state index in [1.54, 1.807) is 0 Å². The van der Waals surface area contributed by atoms with Gasteiger partial charge in [-0.3, -0.25) is 0 Å². The van der Waals surface area contributed by atoms with Gasteiger partial charge in [-0.2, -0.15) is 22.5 Å². The van der Waals surface area contributed by atoms with E-state index in [2.05, 4.69) is 42.4 Å². The van der Waals surface area contributed by atoms with Crippen molar-refractivity contribution >= 4 is 16.7 Å². The Labute approximate surface area is 109 Å². The number of rotatable bonds is 5. The fourth-order valence-electron chi connectivity index (χ4n) is 1.86. The molecule has 0 aromatic carbocycles. The van der Waals surface area contributed by atoms with Crippen molar-refractivity contribution in [1.29, 1.82) is 0 Å². The quantitative estimate of drug-likeness (QED) is 0.889. The van der Waals surface area contributed by atoms with Crippen LogP contribution in [0.25, 0.3) is 0 Å². The molecule has 1 rings (SSSR count). The molecule has 0 fully saturated rings. The molecule has 7 heteroatoms. The Morgan fingerprint density at radius 2 is 1.72 bits per heavy atom. The van der Waals surface area contributed by atoms with E-state index in [9.17, 15) is 13.2 Å². The normalized spacial score (nSPS) is 12.8. The molecule has 0 aliphatic carbocycles. The van der Waals surface area contributed by atoms with Crippen LogP contribution in [-0.2, 0) is 6.18 Å². The first-order chi connectivity index (χ1) is 8.21. The molecule has 104 valence electrons. The molecule has 0 atom stereocenters. The Kier molecular flexibility index (Phi) is 4.95. The van der Waals surface area contributed by atoms with Gasteiger partial charge in [0.1, 0.15) is 0 Å². The molecule has 0 amide bonds. The third kappa shape index (κ3) is 4.12. The zero-order valence-electron chi connectivity index (χ0n) is 10.9. The topological polar surface area (TPSA) is 37.8 Å². The molecule has 0 aliphatic heterocycles. The lowest BCUT2D eigenvalue weighted by atomic mass is 9.86. The standard InChI is InChI=1S/C11H18F3N3S/c1-6(2)8(7(3)4)5-15-10-16-9(17-18-10)11(12,13)14/h6-8H,5H2,1-4H3,(H,15,16,17). The smallest absolute Gasteiger partial charge is 0.360 e. The molecule has 0 unspecified atom stereocenters. The van der Waals surface area contributed by atoms with E-state index in [1.165, 1.54) is 0 Å². The van der Waals surface area contributed by atoms with Crippen LogP contribution < -0.4 is 5.32 Å². The summed E-state index contributed by atoms with van der Waals surface area (Å²) in [6.45, 7) is 9.03. The van der Waals surface area contributed by atoms with Gasteiger partial charge in [-0.1, -0.05) is 27.7 Å². The van der Waals surface area contributed by atoms with Gasteiger partial charge in [-0.25, -0.2) is 0 Å². The van der Waals surface area contributed by atoms with Crippen molar-refractivity contribution in [3.05, 3.63) is 5.82 Å². The number of nitrogens with zero attached hydrogens (tertiary/aromatic N) is 2. The molecular weight excluding hydrogens is 263 g/mol. The van der Waals surface area contributed by atoms with Gasteiger partial charge >= 0.3 is 6.18 Å². The summed E-state index contributed by atoms with van der Waals surface area (Å²) in [5, 5.41) is 3.18. The molecule has 1 aromatic rings. The van der Waals surface area contributed by atoms with Crippen LogP contribution >= 0.6 is 11.5 Å². The molecule has 0 saturated carbocycles. The molecule has 0 aliphatic rings. The minimum absolute atomic E-state index is 0.230. The SMILES string of the molecule is CC(C)C(CNc1nc(C(F)(F)F)ns1)C(C)C. The highest BCUT2D eigenvalue weighted by Crippen LogP contribution is 2.29. The number of hydrogen-bond acceptors (Lipinski definition) is 4. The molecular formula is C11H18F3N3S. The molecule has 0 bridgehead atoms. The average molecular weight is 281 g/mol. The fraction of sp³-hybridized carbons (Fsp3) is 0.818. The number of anilines is 1. The highest BCUT2D eigenvalue weighted by Gasteiger charge is 2.36. The Hall–Kier alpha value is -0.850. The van der Waals surface area contributed by atoms with Gasteiger partial charge in [0.25, 0.3) is 0 Å². The predicted molar refractivity (Wildman–Crippen MR) is 66.6 cm³/mol. The second-order valence-electron chi connectivity index (χ2n) is 4.95. The predicted octanol–water partition coefficient (Wildman–Crippen LogP) is 3.90. The lowest BCUT2D eigenvalue weighted by Gasteiger charge is -2.24. The molecule has 18 heavy (non-hydrogen) atoms. The summed E-state index contributed by atoms with van der Waals surface area (Å²) in [6, 6.07) is 0. The summed E-state index contributed by atoms with van der Waals surface area (Å²) in [7, 11) is 0. The van der Waals surface area contributed by atoms with Crippen molar-refractivity contribution in [2.45, 2.75) is 33.9 Å². The highest BCUT2D eigenvalue weighted by atomic mass is 32.1. The summed E-state index contributed by atoms with van der Waals surface area (Å²) in [4.78, 5) is 3.44. The van der Waals surface area contributed by atoms with Crippen LogP contribution in [-0.4, -0.2) is 15.9 Å². The van der Waals surface area contributed by atoms with E-state index in [0.29, 0.717) is 24.3 Å². The van der Waals surface area contributed by atoms with Gasteiger partial charge < -0.3 is 5.32 Å². The summed E-state index contributed by atoms with van der Waals surface area (Å²) in [6.07, 6.45) is -4.47. The first-order valence-electron chi connectivity index (χ1n) is 5.86. The Bertz CT molecular complexity index is 366. The Morgan fingerprint density at radius 1 is 1.17 bits per heavy atom. The minimum atomic E-state index is -4.47. The van der Waals surface area contributed by atoms with E-state index in [4.69, 9.17) is 0 Å². The maximum atomic E-state index is 12.3. The van der Waals surface area contributed by atoms with Gasteiger partial charge in [0.15, 0.2) is 0 Å². The van der Waals surface area contributed by atoms with Crippen LogP contribution in [0.15, 0.2) is 0 Å². The van der Waals surface area contributed by atoms with E-state index in [1.807, 2.05) is 0 Å². The number of aromatic nitrogens is 2. The van der Waals surface area contributed by atoms with Crippen LogP contribution in [0.1, 0.15) is 33.5 Å². The van der Waals surface area contributed by atoms with Crippen LogP contribution in [0.4, 0.5) is 18.3 Å². The summed E-state index contributed by atoms with van der Waals surface area (Å²) < 4.78 is 40.2. The summed E-state index contributed by atoms with van der Waals surface area (Å²) >= 11 is 0.750. The van der Waals surface area contributed by atoms with Crippen molar-refractivity contribution in [2.24, 2.45) is 17.8 Å². The van der Waals surface area contributed by atoms with Crippen LogP contribution in [0.2, 0.25) is 0 Å². The number of alkyl halides is 3. The van der Waals surface area contributed by atoms with Gasteiger partial charge in [0, 0.05) is 18.1 Å². The highest BCUT2D eigenvalue weighted by molar-refractivity contribution is 7.09. The Balaban J connectivity index is 2.61. The van der Waals surface area contributed by atoms with Gasteiger partial charge in [-0.05, 0) is 17.8 Å². The van der Waals surface area contributed by atoms with Crippen molar-refractivity contribution < 1.29 is 13.2 Å². The number of nitrogens with one attached hydrogen (secondary N) is 1. The molecule has 0 spiro atoms. The zero-order chi connectivity index (χ0) is 13.9. The number of hydrogen-bond donors (Lipinski definition) is 1. The average Bonchev–Trinajstić information content (AvgIpc) is 2.64. The maximum Gasteiger partial charge on any atom is 0.452 e. The van der Waals surface area contributed by atoms with Crippen molar-refractivity contribution in [3.63, 3.8) is 0 Å². The minimum Gasteiger partial charge on any atom is -0.360 e. The monoisotopic (exact) mass is 281 g/mol. The maximum absolute atomic E-state index is 12.3. The van der Waals surface area contributed by atoms with Gasteiger partial charge in [0.05, 0.1) is 0 Å². The van der Waals surface area contributed by atoms with Crippen LogP contribution in [0, 0.1) is 17.8 Å². The molecule has 1 aromatic heterocycles. The lowest BCUT2D eigenvalue weighted by Crippen LogP contribution is -2.24. The first kappa shape index (κ1) is 15.2. The Morgan fingerprint density at radius 3 is 2.11 bits per heavy atom. The summed E-state index contributed by atoms with van der Waals surface area (Å²) in [5.74, 6) is 0.254. The van der Waals surface area contributed by atoms with E-state index < -0.39 is 12.0 Å². The van der Waals surface area contributed by atoms with E-state index in [-0.39, 0.29) is 5.13 Å². The van der Waals surface area contributed by atoms with Gasteiger partial charge in [0.2, 0.25) is 11.0 Å². The molecule has 0 radical (unpaired) electrons.